The van der Waals surface area contributed by atoms with Crippen LogP contribution in [0.15, 0.2) is 30.5 Å². The number of aromatic amines is 2. The van der Waals surface area contributed by atoms with Crippen molar-refractivity contribution in [3.05, 3.63) is 41.9 Å². The van der Waals surface area contributed by atoms with Crippen molar-refractivity contribution in [1.29, 1.82) is 0 Å². The first-order valence-corrected chi connectivity index (χ1v) is 5.86. The summed E-state index contributed by atoms with van der Waals surface area (Å²) in [7, 11) is 0. The molecule has 1 unspecified atom stereocenters. The molecule has 0 fully saturated rings. The molecule has 0 bridgehead atoms. The van der Waals surface area contributed by atoms with E-state index >= 15 is 0 Å². The molecule has 0 spiro atoms. The predicted octanol–water partition coefficient (Wildman–Crippen LogP) is 1.53. The zero-order chi connectivity index (χ0) is 12.4. The second-order valence-electron chi connectivity index (χ2n) is 4.23. The quantitative estimate of drug-likeness (QED) is 0.648. The van der Waals surface area contributed by atoms with Crippen molar-refractivity contribution >= 4 is 10.9 Å². The monoisotopic (exact) mass is 242 g/mol. The normalized spacial score (nSPS) is 12.9. The molecule has 0 aliphatic carbocycles. The number of hydrogen-bond acceptors (Lipinski definition) is 4. The van der Waals surface area contributed by atoms with E-state index in [-0.39, 0.29) is 6.04 Å². The van der Waals surface area contributed by atoms with Crippen molar-refractivity contribution in [3.63, 3.8) is 0 Å². The molecule has 1 aromatic carbocycles. The summed E-state index contributed by atoms with van der Waals surface area (Å²) in [6.45, 7) is 2.78. The minimum Gasteiger partial charge on any atom is -0.361 e. The third-order valence-electron chi connectivity index (χ3n) is 3.02. The number of benzene rings is 1. The van der Waals surface area contributed by atoms with E-state index in [0.29, 0.717) is 5.82 Å². The fraction of sp³-hybridized carbons (Fsp3) is 0.250. The van der Waals surface area contributed by atoms with Gasteiger partial charge in [-0.15, -0.1) is 10.2 Å². The maximum atomic E-state index is 3.96. The van der Waals surface area contributed by atoms with Crippen LogP contribution in [0.3, 0.4) is 0 Å². The average Bonchev–Trinajstić information content (AvgIpc) is 3.06. The molecule has 0 saturated carbocycles. The summed E-state index contributed by atoms with van der Waals surface area (Å²) in [6.07, 6.45) is 2.03. The Hall–Kier alpha value is -2.21. The lowest BCUT2D eigenvalue weighted by Crippen LogP contribution is -2.19. The molecule has 6 nitrogen and oxygen atoms in total. The molecule has 3 aromatic rings. The summed E-state index contributed by atoms with van der Waals surface area (Å²) < 4.78 is 0. The van der Waals surface area contributed by atoms with E-state index in [0.717, 1.165) is 12.1 Å². The molecule has 0 aliphatic rings. The van der Waals surface area contributed by atoms with Gasteiger partial charge in [-0.3, -0.25) is 0 Å². The number of hydrogen-bond donors (Lipinski definition) is 3. The Balaban J connectivity index is 1.73. The van der Waals surface area contributed by atoms with Gasteiger partial charge in [0, 0.05) is 23.6 Å². The van der Waals surface area contributed by atoms with E-state index in [9.17, 15) is 0 Å². The number of para-hydroxylation sites is 1. The molecule has 92 valence electrons. The lowest BCUT2D eigenvalue weighted by atomic mass is 10.1. The minimum absolute atomic E-state index is 0.0670. The van der Waals surface area contributed by atoms with E-state index in [2.05, 4.69) is 43.1 Å². The number of fused-ring (bicyclic) bond motifs is 1. The van der Waals surface area contributed by atoms with E-state index in [4.69, 9.17) is 0 Å². The highest BCUT2D eigenvalue weighted by Crippen LogP contribution is 2.18. The average molecular weight is 242 g/mol. The van der Waals surface area contributed by atoms with Crippen molar-refractivity contribution in [3.8, 4) is 0 Å². The third-order valence-corrected chi connectivity index (χ3v) is 3.02. The van der Waals surface area contributed by atoms with Crippen LogP contribution in [-0.4, -0.2) is 25.6 Å². The maximum absolute atomic E-state index is 3.96. The molecule has 3 N–H and O–H groups in total. The van der Waals surface area contributed by atoms with Gasteiger partial charge in [0.25, 0.3) is 0 Å². The fourth-order valence-corrected chi connectivity index (χ4v) is 1.99. The standard InChI is InChI=1S/C12H14N6/c1-8(12-15-17-18-16-12)13-6-9-7-14-11-5-3-2-4-10(9)11/h2-5,7-8,13-14H,6H2,1H3,(H,15,16,17,18). The van der Waals surface area contributed by atoms with Crippen molar-refractivity contribution in [2.75, 3.05) is 0 Å². The number of rotatable bonds is 4. The van der Waals surface area contributed by atoms with Gasteiger partial charge in [-0.1, -0.05) is 23.4 Å². The van der Waals surface area contributed by atoms with Crippen molar-refractivity contribution in [2.24, 2.45) is 0 Å². The highest BCUT2D eigenvalue weighted by molar-refractivity contribution is 5.82. The molecule has 3 rings (SSSR count). The summed E-state index contributed by atoms with van der Waals surface area (Å²) in [5.74, 6) is 0.676. The molecule has 2 aromatic heterocycles. The molecule has 2 heterocycles. The van der Waals surface area contributed by atoms with Crippen molar-refractivity contribution in [2.45, 2.75) is 19.5 Å². The molecule has 0 amide bonds. The van der Waals surface area contributed by atoms with Crippen LogP contribution in [0.4, 0.5) is 0 Å². The zero-order valence-corrected chi connectivity index (χ0v) is 10.0. The number of H-pyrrole nitrogens is 2. The van der Waals surface area contributed by atoms with Crippen LogP contribution < -0.4 is 5.32 Å². The summed E-state index contributed by atoms with van der Waals surface area (Å²) in [4.78, 5) is 3.26. The minimum atomic E-state index is 0.0670. The van der Waals surface area contributed by atoms with Crippen LogP contribution in [0.1, 0.15) is 24.4 Å². The lowest BCUT2D eigenvalue weighted by molar-refractivity contribution is 0.548. The number of nitrogens with zero attached hydrogens (tertiary/aromatic N) is 3. The summed E-state index contributed by atoms with van der Waals surface area (Å²) >= 11 is 0. The third kappa shape index (κ3) is 1.98. The molecule has 6 heteroatoms. The van der Waals surface area contributed by atoms with Crippen molar-refractivity contribution in [1.82, 2.24) is 30.9 Å². The molecule has 1 atom stereocenters. The van der Waals surface area contributed by atoms with Gasteiger partial charge < -0.3 is 10.3 Å². The van der Waals surface area contributed by atoms with Crippen LogP contribution in [-0.2, 0) is 6.54 Å². The first kappa shape index (κ1) is 10.9. The Morgan fingerprint density at radius 1 is 1.33 bits per heavy atom. The second kappa shape index (κ2) is 4.58. The van der Waals surface area contributed by atoms with Gasteiger partial charge in [0.2, 0.25) is 0 Å². The maximum Gasteiger partial charge on any atom is 0.191 e. The summed E-state index contributed by atoms with van der Waals surface area (Å²) in [5, 5.41) is 18.5. The van der Waals surface area contributed by atoms with Gasteiger partial charge in [0.05, 0.1) is 6.04 Å². The van der Waals surface area contributed by atoms with Crippen molar-refractivity contribution < 1.29 is 0 Å². The van der Waals surface area contributed by atoms with E-state index in [1.165, 1.54) is 10.9 Å². The molecular weight excluding hydrogens is 228 g/mol. The Bertz CT molecular complexity index is 627. The van der Waals surface area contributed by atoms with Crippen LogP contribution >= 0.6 is 0 Å². The molecule has 18 heavy (non-hydrogen) atoms. The number of aromatic nitrogens is 5. The zero-order valence-electron chi connectivity index (χ0n) is 10.0. The molecule has 0 aliphatic heterocycles. The highest BCUT2D eigenvalue weighted by atomic mass is 15.5. The molecular formula is C12H14N6. The largest absolute Gasteiger partial charge is 0.361 e. The number of nitrogens with one attached hydrogen (secondary N) is 3. The van der Waals surface area contributed by atoms with Gasteiger partial charge in [-0.05, 0) is 18.6 Å². The van der Waals surface area contributed by atoms with Crippen LogP contribution in [0.2, 0.25) is 0 Å². The van der Waals surface area contributed by atoms with Crippen LogP contribution in [0.25, 0.3) is 10.9 Å². The van der Waals surface area contributed by atoms with Gasteiger partial charge in [0.15, 0.2) is 5.82 Å². The fourth-order valence-electron chi connectivity index (χ4n) is 1.99. The topological polar surface area (TPSA) is 82.3 Å². The summed E-state index contributed by atoms with van der Waals surface area (Å²) in [5.41, 5.74) is 2.39. The van der Waals surface area contributed by atoms with E-state index < -0.39 is 0 Å². The Morgan fingerprint density at radius 3 is 3.06 bits per heavy atom. The smallest absolute Gasteiger partial charge is 0.191 e. The molecule has 0 saturated heterocycles. The Kier molecular flexibility index (Phi) is 2.77. The number of tetrazole rings is 1. The first-order chi connectivity index (χ1) is 8.84. The van der Waals surface area contributed by atoms with Crippen LogP contribution in [0.5, 0.6) is 0 Å². The van der Waals surface area contributed by atoms with Gasteiger partial charge in [-0.2, -0.15) is 5.21 Å². The second-order valence-corrected chi connectivity index (χ2v) is 4.23. The Labute approximate surface area is 104 Å². The Morgan fingerprint density at radius 2 is 2.22 bits per heavy atom. The molecule has 0 radical (unpaired) electrons. The summed E-state index contributed by atoms with van der Waals surface area (Å²) in [6, 6.07) is 8.32. The van der Waals surface area contributed by atoms with Gasteiger partial charge >= 0.3 is 0 Å². The van der Waals surface area contributed by atoms with Crippen LogP contribution in [0, 0.1) is 0 Å². The van der Waals surface area contributed by atoms with Gasteiger partial charge in [0.1, 0.15) is 0 Å². The predicted molar refractivity (Wildman–Crippen MR) is 67.7 cm³/mol. The van der Waals surface area contributed by atoms with E-state index in [1.54, 1.807) is 0 Å². The highest BCUT2D eigenvalue weighted by Gasteiger charge is 2.10. The first-order valence-electron chi connectivity index (χ1n) is 5.86. The SMILES string of the molecule is CC(NCc1c[nH]c2ccccc12)c1nn[nH]n1. The lowest BCUT2D eigenvalue weighted by Gasteiger charge is -2.08. The van der Waals surface area contributed by atoms with E-state index in [1.807, 2.05) is 25.3 Å². The van der Waals surface area contributed by atoms with Gasteiger partial charge in [-0.25, -0.2) is 0 Å².